The Labute approximate surface area is 109 Å². The van der Waals surface area contributed by atoms with Crippen molar-refractivity contribution in [3.05, 3.63) is 41.3 Å². The highest BCUT2D eigenvalue weighted by Crippen LogP contribution is 2.16. The van der Waals surface area contributed by atoms with Gasteiger partial charge in [0.2, 0.25) is 11.8 Å². The first-order chi connectivity index (χ1) is 9.04. The standard InChI is InChI=1S/C13H14FN3O2/c1-8-3-4-10(14)7-11(8)16-12(18)5-6-13-15-9(2)17-19-13/h3-4,7H,5-6H2,1-2H3,(H,16,18). The highest BCUT2D eigenvalue weighted by molar-refractivity contribution is 5.91. The average molecular weight is 263 g/mol. The number of benzene rings is 1. The van der Waals surface area contributed by atoms with Crippen molar-refractivity contribution in [1.29, 1.82) is 0 Å². The first-order valence-corrected chi connectivity index (χ1v) is 5.90. The van der Waals surface area contributed by atoms with Crippen LogP contribution in [0.1, 0.15) is 23.7 Å². The minimum absolute atomic E-state index is 0.206. The first-order valence-electron chi connectivity index (χ1n) is 5.90. The van der Waals surface area contributed by atoms with E-state index in [2.05, 4.69) is 15.5 Å². The van der Waals surface area contributed by atoms with Gasteiger partial charge in [0, 0.05) is 18.5 Å². The first kappa shape index (κ1) is 13.2. The summed E-state index contributed by atoms with van der Waals surface area (Å²) in [6.45, 7) is 3.51. The monoisotopic (exact) mass is 263 g/mol. The zero-order valence-electron chi connectivity index (χ0n) is 10.7. The van der Waals surface area contributed by atoms with Crippen molar-refractivity contribution >= 4 is 11.6 Å². The summed E-state index contributed by atoms with van der Waals surface area (Å²) in [6.07, 6.45) is 0.568. The van der Waals surface area contributed by atoms with Crippen LogP contribution in [0.4, 0.5) is 10.1 Å². The minimum atomic E-state index is -0.381. The second-order valence-corrected chi connectivity index (χ2v) is 4.24. The van der Waals surface area contributed by atoms with E-state index < -0.39 is 0 Å². The summed E-state index contributed by atoms with van der Waals surface area (Å²) in [4.78, 5) is 15.7. The van der Waals surface area contributed by atoms with Gasteiger partial charge < -0.3 is 9.84 Å². The Bertz CT molecular complexity index is 595. The molecule has 0 saturated heterocycles. The summed E-state index contributed by atoms with van der Waals surface area (Å²) < 4.78 is 18.0. The fraction of sp³-hybridized carbons (Fsp3) is 0.308. The number of anilines is 1. The molecule has 19 heavy (non-hydrogen) atoms. The number of rotatable bonds is 4. The molecule has 0 atom stereocenters. The van der Waals surface area contributed by atoms with E-state index >= 15 is 0 Å². The maximum atomic E-state index is 13.1. The molecule has 2 rings (SSSR count). The lowest BCUT2D eigenvalue weighted by Gasteiger charge is -2.07. The molecule has 1 N–H and O–H groups in total. The second-order valence-electron chi connectivity index (χ2n) is 4.24. The van der Waals surface area contributed by atoms with Crippen LogP contribution in [0.3, 0.4) is 0 Å². The Morgan fingerprint density at radius 1 is 1.42 bits per heavy atom. The van der Waals surface area contributed by atoms with Crippen LogP contribution in [-0.2, 0) is 11.2 Å². The van der Waals surface area contributed by atoms with Crippen molar-refractivity contribution in [1.82, 2.24) is 10.1 Å². The van der Waals surface area contributed by atoms with E-state index in [1.54, 1.807) is 19.9 Å². The molecule has 0 radical (unpaired) electrons. The Balaban J connectivity index is 1.92. The predicted molar refractivity (Wildman–Crippen MR) is 67.1 cm³/mol. The summed E-state index contributed by atoms with van der Waals surface area (Å²) in [5.41, 5.74) is 1.29. The molecule has 1 aromatic heterocycles. The van der Waals surface area contributed by atoms with Crippen molar-refractivity contribution < 1.29 is 13.7 Å². The van der Waals surface area contributed by atoms with Crippen LogP contribution in [0.25, 0.3) is 0 Å². The number of aromatic nitrogens is 2. The molecule has 1 heterocycles. The number of amides is 1. The van der Waals surface area contributed by atoms with Crippen LogP contribution >= 0.6 is 0 Å². The number of halogens is 1. The Morgan fingerprint density at radius 2 is 2.21 bits per heavy atom. The van der Waals surface area contributed by atoms with Crippen LogP contribution in [0.15, 0.2) is 22.7 Å². The Kier molecular flexibility index (Phi) is 3.89. The molecule has 0 aliphatic heterocycles. The van der Waals surface area contributed by atoms with Crippen LogP contribution in [0.5, 0.6) is 0 Å². The number of hydrogen-bond donors (Lipinski definition) is 1. The van der Waals surface area contributed by atoms with Crippen molar-refractivity contribution in [3.8, 4) is 0 Å². The van der Waals surface area contributed by atoms with E-state index in [4.69, 9.17) is 4.52 Å². The van der Waals surface area contributed by atoms with Crippen LogP contribution < -0.4 is 5.32 Å². The predicted octanol–water partition coefficient (Wildman–Crippen LogP) is 2.40. The molecular formula is C13H14FN3O2. The summed E-state index contributed by atoms with van der Waals surface area (Å²) >= 11 is 0. The minimum Gasteiger partial charge on any atom is -0.339 e. The maximum Gasteiger partial charge on any atom is 0.227 e. The third kappa shape index (κ3) is 3.61. The normalized spacial score (nSPS) is 10.5. The largest absolute Gasteiger partial charge is 0.339 e. The molecule has 6 heteroatoms. The number of hydrogen-bond acceptors (Lipinski definition) is 4. The van der Waals surface area contributed by atoms with E-state index in [0.29, 0.717) is 23.8 Å². The molecule has 0 bridgehead atoms. The Morgan fingerprint density at radius 3 is 2.89 bits per heavy atom. The molecule has 1 aromatic carbocycles. The molecule has 0 spiro atoms. The highest BCUT2D eigenvalue weighted by atomic mass is 19.1. The summed E-state index contributed by atoms with van der Waals surface area (Å²) in [7, 11) is 0. The summed E-state index contributed by atoms with van der Waals surface area (Å²) in [5.74, 6) is 0.359. The van der Waals surface area contributed by atoms with E-state index in [1.165, 1.54) is 12.1 Å². The number of carbonyl (C=O) groups excluding carboxylic acids is 1. The molecule has 0 aliphatic rings. The van der Waals surface area contributed by atoms with E-state index in [1.807, 2.05) is 0 Å². The fourth-order valence-corrected chi connectivity index (χ4v) is 1.60. The smallest absolute Gasteiger partial charge is 0.227 e. The van der Waals surface area contributed by atoms with Crippen molar-refractivity contribution in [2.45, 2.75) is 26.7 Å². The lowest BCUT2D eigenvalue weighted by molar-refractivity contribution is -0.116. The van der Waals surface area contributed by atoms with Gasteiger partial charge in [0.25, 0.3) is 0 Å². The lowest BCUT2D eigenvalue weighted by atomic mass is 10.2. The molecule has 100 valence electrons. The van der Waals surface area contributed by atoms with Gasteiger partial charge in [0.15, 0.2) is 5.82 Å². The third-order valence-corrected chi connectivity index (χ3v) is 2.61. The SMILES string of the molecule is Cc1noc(CCC(=O)Nc2cc(F)ccc2C)n1. The van der Waals surface area contributed by atoms with Gasteiger partial charge in [-0.05, 0) is 31.5 Å². The quantitative estimate of drug-likeness (QED) is 0.919. The fourth-order valence-electron chi connectivity index (χ4n) is 1.60. The van der Waals surface area contributed by atoms with E-state index in [9.17, 15) is 9.18 Å². The zero-order chi connectivity index (χ0) is 13.8. The summed E-state index contributed by atoms with van der Waals surface area (Å²) in [6, 6.07) is 4.27. The molecule has 0 aliphatic carbocycles. The molecule has 0 fully saturated rings. The number of carbonyl (C=O) groups is 1. The number of aryl methyl sites for hydroxylation is 3. The zero-order valence-corrected chi connectivity index (χ0v) is 10.7. The Hall–Kier alpha value is -2.24. The average Bonchev–Trinajstić information content (AvgIpc) is 2.77. The molecule has 5 nitrogen and oxygen atoms in total. The van der Waals surface area contributed by atoms with Gasteiger partial charge in [-0.1, -0.05) is 11.2 Å². The number of nitrogens with one attached hydrogen (secondary N) is 1. The third-order valence-electron chi connectivity index (χ3n) is 2.61. The molecule has 2 aromatic rings. The van der Waals surface area contributed by atoms with Gasteiger partial charge in [-0.25, -0.2) is 4.39 Å². The van der Waals surface area contributed by atoms with Crippen LogP contribution in [0.2, 0.25) is 0 Å². The second kappa shape index (κ2) is 5.60. The molecular weight excluding hydrogens is 249 g/mol. The molecule has 0 saturated carbocycles. The molecule has 0 unspecified atom stereocenters. The lowest BCUT2D eigenvalue weighted by Crippen LogP contribution is -2.13. The number of nitrogens with zero attached hydrogens (tertiary/aromatic N) is 2. The topological polar surface area (TPSA) is 68.0 Å². The maximum absolute atomic E-state index is 13.1. The summed E-state index contributed by atoms with van der Waals surface area (Å²) in [5, 5.41) is 6.30. The van der Waals surface area contributed by atoms with Crippen molar-refractivity contribution in [3.63, 3.8) is 0 Å². The van der Waals surface area contributed by atoms with Gasteiger partial charge in [-0.3, -0.25) is 4.79 Å². The van der Waals surface area contributed by atoms with Crippen molar-refractivity contribution in [2.75, 3.05) is 5.32 Å². The van der Waals surface area contributed by atoms with Gasteiger partial charge in [0.05, 0.1) is 0 Å². The highest BCUT2D eigenvalue weighted by Gasteiger charge is 2.09. The van der Waals surface area contributed by atoms with Gasteiger partial charge in [-0.2, -0.15) is 4.98 Å². The van der Waals surface area contributed by atoms with Gasteiger partial charge >= 0.3 is 0 Å². The van der Waals surface area contributed by atoms with E-state index in [0.717, 1.165) is 5.56 Å². The van der Waals surface area contributed by atoms with Gasteiger partial charge in [-0.15, -0.1) is 0 Å². The van der Waals surface area contributed by atoms with Crippen LogP contribution in [0, 0.1) is 19.7 Å². The van der Waals surface area contributed by atoms with Crippen LogP contribution in [-0.4, -0.2) is 16.0 Å². The van der Waals surface area contributed by atoms with E-state index in [-0.39, 0.29) is 18.1 Å². The van der Waals surface area contributed by atoms with Gasteiger partial charge in [0.1, 0.15) is 5.82 Å². The molecule has 1 amide bonds. The van der Waals surface area contributed by atoms with Crippen molar-refractivity contribution in [2.24, 2.45) is 0 Å².